The summed E-state index contributed by atoms with van der Waals surface area (Å²) in [5.41, 5.74) is -0.226. The van der Waals surface area contributed by atoms with Gasteiger partial charge in [-0.25, -0.2) is 9.96 Å². The van der Waals surface area contributed by atoms with Crippen LogP contribution in [-0.2, 0) is 20.6 Å². The van der Waals surface area contributed by atoms with Crippen LogP contribution in [0.4, 0.5) is 24.5 Å². The number of hydroxylamine groups is 1. The van der Waals surface area contributed by atoms with Crippen LogP contribution in [0.2, 0.25) is 0 Å². The molecular formula is C24H16BrF3N2O3. The van der Waals surface area contributed by atoms with Crippen LogP contribution >= 0.6 is 15.9 Å². The van der Waals surface area contributed by atoms with E-state index in [-0.39, 0.29) is 0 Å². The number of nitrogens with zero attached hydrogens (tertiary/aromatic N) is 2. The quantitative estimate of drug-likeness (QED) is 0.430. The molecule has 2 aliphatic rings. The molecule has 2 heterocycles. The number of fused-ring (bicyclic) bond motifs is 1. The maximum absolute atomic E-state index is 13.6. The van der Waals surface area contributed by atoms with Crippen LogP contribution in [-0.4, -0.2) is 17.9 Å². The van der Waals surface area contributed by atoms with E-state index in [9.17, 15) is 22.8 Å². The summed E-state index contributed by atoms with van der Waals surface area (Å²) in [5.74, 6) is -2.57. The first-order chi connectivity index (χ1) is 15.8. The Morgan fingerprint density at radius 1 is 0.848 bits per heavy atom. The molecule has 2 fully saturated rings. The lowest BCUT2D eigenvalue weighted by atomic mass is 9.90. The molecule has 0 aliphatic carbocycles. The first-order valence-corrected chi connectivity index (χ1v) is 10.9. The summed E-state index contributed by atoms with van der Waals surface area (Å²) in [4.78, 5) is 33.4. The van der Waals surface area contributed by atoms with Gasteiger partial charge in [-0.1, -0.05) is 58.4 Å². The van der Waals surface area contributed by atoms with E-state index in [1.807, 2.05) is 12.1 Å². The molecule has 0 bridgehead atoms. The van der Waals surface area contributed by atoms with Crippen molar-refractivity contribution in [3.05, 3.63) is 94.5 Å². The van der Waals surface area contributed by atoms with E-state index < -0.39 is 47.3 Å². The van der Waals surface area contributed by atoms with Gasteiger partial charge < -0.3 is 0 Å². The second-order valence-corrected chi connectivity index (χ2v) is 8.66. The number of carbonyl (C=O) groups excluding carboxylic acids is 2. The monoisotopic (exact) mass is 516 g/mol. The van der Waals surface area contributed by atoms with E-state index in [1.165, 1.54) is 17.2 Å². The summed E-state index contributed by atoms with van der Waals surface area (Å²) in [7, 11) is 0. The van der Waals surface area contributed by atoms with Gasteiger partial charge in [0.2, 0.25) is 5.91 Å². The van der Waals surface area contributed by atoms with Crippen LogP contribution in [0.5, 0.6) is 0 Å². The average molecular weight is 517 g/mol. The van der Waals surface area contributed by atoms with Crippen molar-refractivity contribution in [2.24, 2.45) is 5.92 Å². The van der Waals surface area contributed by atoms with E-state index in [0.717, 1.165) is 16.6 Å². The van der Waals surface area contributed by atoms with Crippen LogP contribution in [0.25, 0.3) is 0 Å². The van der Waals surface area contributed by atoms with Gasteiger partial charge in [0.1, 0.15) is 5.92 Å². The lowest BCUT2D eigenvalue weighted by Crippen LogP contribution is -2.38. The average Bonchev–Trinajstić information content (AvgIpc) is 3.30. The van der Waals surface area contributed by atoms with E-state index in [4.69, 9.17) is 4.84 Å². The number of alkyl halides is 3. The molecule has 3 aromatic rings. The summed E-state index contributed by atoms with van der Waals surface area (Å²) in [6, 6.07) is 20.0. The molecule has 33 heavy (non-hydrogen) atoms. The molecule has 0 aromatic heterocycles. The Morgan fingerprint density at radius 3 is 2.24 bits per heavy atom. The van der Waals surface area contributed by atoms with Gasteiger partial charge in [-0.15, -0.1) is 0 Å². The van der Waals surface area contributed by atoms with Crippen molar-refractivity contribution in [1.82, 2.24) is 0 Å². The molecule has 0 saturated carbocycles. The number of imide groups is 1. The molecule has 5 nitrogen and oxygen atoms in total. The van der Waals surface area contributed by atoms with E-state index in [2.05, 4.69) is 15.9 Å². The zero-order valence-electron chi connectivity index (χ0n) is 16.9. The molecule has 3 aromatic carbocycles. The fourth-order valence-corrected chi connectivity index (χ4v) is 4.81. The zero-order chi connectivity index (χ0) is 23.3. The predicted molar refractivity (Wildman–Crippen MR) is 118 cm³/mol. The number of amides is 2. The minimum Gasteiger partial charge on any atom is -0.273 e. The van der Waals surface area contributed by atoms with E-state index in [1.54, 1.807) is 42.5 Å². The standard InChI is InChI=1S/C24H16BrF3N2O3/c25-15-8-6-7-14(13-15)20-19-21(33-30(20)16-9-2-1-3-10-16)23(32)29(22(19)31)18-12-5-4-11-17(18)24(26,27)28/h1-13,19-21H/t19-,20+,21+/m0/s1. The van der Waals surface area contributed by atoms with Gasteiger partial charge in [-0.2, -0.15) is 13.2 Å². The van der Waals surface area contributed by atoms with Gasteiger partial charge in [0.25, 0.3) is 5.91 Å². The molecule has 0 spiro atoms. The smallest absolute Gasteiger partial charge is 0.273 e. The molecule has 2 saturated heterocycles. The Labute approximate surface area is 195 Å². The Balaban J connectivity index is 1.61. The van der Waals surface area contributed by atoms with Gasteiger partial charge >= 0.3 is 6.18 Å². The Kier molecular flexibility index (Phi) is 5.25. The molecule has 9 heteroatoms. The normalized spacial score (nSPS) is 22.7. The molecule has 3 atom stereocenters. The largest absolute Gasteiger partial charge is 0.418 e. The third kappa shape index (κ3) is 3.61. The lowest BCUT2D eigenvalue weighted by Gasteiger charge is -2.29. The summed E-state index contributed by atoms with van der Waals surface area (Å²) >= 11 is 3.42. The van der Waals surface area contributed by atoms with Gasteiger partial charge in [0.05, 0.1) is 23.0 Å². The highest BCUT2D eigenvalue weighted by Gasteiger charge is 2.61. The predicted octanol–water partition coefficient (Wildman–Crippen LogP) is 5.52. The number of rotatable bonds is 3. The topological polar surface area (TPSA) is 49.9 Å². The maximum Gasteiger partial charge on any atom is 0.418 e. The van der Waals surface area contributed by atoms with Crippen molar-refractivity contribution in [2.75, 3.05) is 9.96 Å². The highest BCUT2D eigenvalue weighted by molar-refractivity contribution is 9.10. The minimum absolute atomic E-state index is 0.489. The van der Waals surface area contributed by atoms with Crippen LogP contribution in [0.1, 0.15) is 17.2 Å². The van der Waals surface area contributed by atoms with Gasteiger partial charge in [-0.05, 0) is 42.0 Å². The van der Waals surface area contributed by atoms with Gasteiger partial charge in [0.15, 0.2) is 6.10 Å². The molecule has 168 valence electrons. The molecule has 0 N–H and O–H groups in total. The number of hydrogen-bond acceptors (Lipinski definition) is 4. The van der Waals surface area contributed by atoms with Crippen molar-refractivity contribution in [3.63, 3.8) is 0 Å². The zero-order valence-corrected chi connectivity index (χ0v) is 18.5. The Bertz CT molecular complexity index is 1230. The summed E-state index contributed by atoms with van der Waals surface area (Å²) in [6.07, 6.45) is -5.97. The lowest BCUT2D eigenvalue weighted by molar-refractivity contribution is -0.137. The number of halogens is 4. The number of benzene rings is 3. The molecule has 2 aliphatic heterocycles. The summed E-state index contributed by atoms with van der Waals surface area (Å²) in [6.45, 7) is 0. The molecular weight excluding hydrogens is 501 g/mol. The first kappa shape index (κ1) is 21.7. The number of anilines is 2. The Hall–Kier alpha value is -3.17. The third-order valence-electron chi connectivity index (χ3n) is 5.77. The first-order valence-electron chi connectivity index (χ1n) is 10.1. The molecule has 0 radical (unpaired) electrons. The summed E-state index contributed by atoms with van der Waals surface area (Å²) < 4.78 is 41.6. The van der Waals surface area contributed by atoms with Crippen LogP contribution in [0.3, 0.4) is 0 Å². The molecule has 2 amide bonds. The van der Waals surface area contributed by atoms with Gasteiger partial charge in [0, 0.05) is 4.47 Å². The molecule has 5 rings (SSSR count). The highest BCUT2D eigenvalue weighted by atomic mass is 79.9. The van der Waals surface area contributed by atoms with Gasteiger partial charge in [-0.3, -0.25) is 14.4 Å². The highest BCUT2D eigenvalue weighted by Crippen LogP contribution is 2.49. The van der Waals surface area contributed by atoms with E-state index >= 15 is 0 Å². The summed E-state index contributed by atoms with van der Waals surface area (Å²) in [5, 5.41) is 1.50. The van der Waals surface area contributed by atoms with E-state index in [0.29, 0.717) is 16.2 Å². The second kappa shape index (κ2) is 8.00. The number of carbonyl (C=O) groups is 2. The van der Waals surface area contributed by atoms with Crippen molar-refractivity contribution in [1.29, 1.82) is 0 Å². The minimum atomic E-state index is -4.73. The number of hydrogen-bond donors (Lipinski definition) is 0. The fourth-order valence-electron chi connectivity index (χ4n) is 4.39. The third-order valence-corrected chi connectivity index (χ3v) is 6.26. The van der Waals surface area contributed by atoms with Crippen molar-refractivity contribution in [3.8, 4) is 0 Å². The van der Waals surface area contributed by atoms with Crippen LogP contribution in [0.15, 0.2) is 83.3 Å². The maximum atomic E-state index is 13.6. The van der Waals surface area contributed by atoms with Crippen molar-refractivity contribution < 1.29 is 27.6 Å². The number of para-hydroxylation sites is 2. The van der Waals surface area contributed by atoms with Crippen molar-refractivity contribution in [2.45, 2.75) is 18.3 Å². The van der Waals surface area contributed by atoms with Crippen LogP contribution < -0.4 is 9.96 Å². The SMILES string of the molecule is O=C1[C@H]2[C@@H](c3cccc(Br)c3)N(c3ccccc3)O[C@H]2C(=O)N1c1ccccc1C(F)(F)F. The van der Waals surface area contributed by atoms with Crippen LogP contribution in [0, 0.1) is 5.92 Å². The van der Waals surface area contributed by atoms with Crippen molar-refractivity contribution >= 4 is 39.1 Å². The second-order valence-electron chi connectivity index (χ2n) is 7.74. The molecule has 0 unspecified atom stereocenters. The fraction of sp³-hybridized carbons (Fsp3) is 0.167. The Morgan fingerprint density at radius 2 is 1.55 bits per heavy atom.